The molecule has 0 bridgehead atoms. The highest BCUT2D eigenvalue weighted by molar-refractivity contribution is 7.80. The van der Waals surface area contributed by atoms with Gasteiger partial charge in [-0.3, -0.25) is 9.78 Å². The van der Waals surface area contributed by atoms with E-state index in [9.17, 15) is 4.79 Å². The van der Waals surface area contributed by atoms with E-state index < -0.39 is 0 Å². The van der Waals surface area contributed by atoms with Crippen LogP contribution in [0.3, 0.4) is 0 Å². The number of carbonyl (C=O) groups excluding carboxylic acids is 1. The quantitative estimate of drug-likeness (QED) is 0.533. The predicted octanol–water partition coefficient (Wildman–Crippen LogP) is 1.07. The first-order valence-electron chi connectivity index (χ1n) is 3.89. The Hall–Kier alpha value is -1.75. The molecule has 0 N–H and O–H groups in total. The maximum atomic E-state index is 11.7. The van der Waals surface area contributed by atoms with Gasteiger partial charge in [-0.15, -0.1) is 0 Å². The molecule has 0 aliphatic carbocycles. The van der Waals surface area contributed by atoms with E-state index in [0.29, 0.717) is 5.56 Å². The molecule has 68 valence electrons. The summed E-state index contributed by atoms with van der Waals surface area (Å²) in [6.07, 6.45) is 4.49. The van der Waals surface area contributed by atoms with Gasteiger partial charge >= 0.3 is 0 Å². The van der Waals surface area contributed by atoms with Crippen LogP contribution in [0.15, 0.2) is 34.5 Å². The van der Waals surface area contributed by atoms with Gasteiger partial charge in [-0.2, -0.15) is 0 Å². The minimum Gasteiger partial charge on any atom is -0.287 e. The Morgan fingerprint density at radius 3 is 2.57 bits per heavy atom. The molecule has 0 saturated heterocycles. The number of carbonyl (C=O) groups is 1. The van der Waals surface area contributed by atoms with E-state index in [0.717, 1.165) is 0 Å². The molecule has 0 amide bonds. The SMILES string of the molecule is O=C(C1=NC(=S)N=C1)c1ccncc1. The lowest BCUT2D eigenvalue weighted by molar-refractivity contribution is 0.106. The average molecular weight is 203 g/mol. The molecule has 1 aliphatic rings. The lowest BCUT2D eigenvalue weighted by Crippen LogP contribution is -2.13. The molecule has 14 heavy (non-hydrogen) atoms. The van der Waals surface area contributed by atoms with Crippen LogP contribution >= 0.6 is 12.2 Å². The van der Waals surface area contributed by atoms with E-state index in [1.165, 1.54) is 6.21 Å². The predicted molar refractivity (Wildman–Crippen MR) is 57.1 cm³/mol. The fourth-order valence-corrected chi connectivity index (χ4v) is 1.19. The van der Waals surface area contributed by atoms with Gasteiger partial charge in [-0.25, -0.2) is 9.98 Å². The number of hydrogen-bond acceptors (Lipinski definition) is 3. The van der Waals surface area contributed by atoms with Gasteiger partial charge < -0.3 is 0 Å². The van der Waals surface area contributed by atoms with Crippen molar-refractivity contribution in [2.24, 2.45) is 9.98 Å². The van der Waals surface area contributed by atoms with Crippen LogP contribution < -0.4 is 0 Å². The summed E-state index contributed by atoms with van der Waals surface area (Å²) in [5.41, 5.74) is 0.816. The number of aliphatic imine (C=N–C) groups is 2. The molecule has 1 aromatic heterocycles. The maximum Gasteiger partial charge on any atom is 0.219 e. The van der Waals surface area contributed by atoms with Crippen LogP contribution in [0.5, 0.6) is 0 Å². The van der Waals surface area contributed by atoms with Crippen molar-refractivity contribution < 1.29 is 4.79 Å². The molecule has 1 aromatic rings. The third-order valence-corrected chi connectivity index (χ3v) is 1.89. The fraction of sp³-hybridized carbons (Fsp3) is 0. The van der Waals surface area contributed by atoms with Gasteiger partial charge in [-0.1, -0.05) is 0 Å². The summed E-state index contributed by atoms with van der Waals surface area (Å²) in [6, 6.07) is 3.25. The van der Waals surface area contributed by atoms with Gasteiger partial charge in [0.2, 0.25) is 10.9 Å². The molecule has 0 aromatic carbocycles. The monoisotopic (exact) mass is 203 g/mol. The second kappa shape index (κ2) is 3.55. The number of thiocarbonyl (C=S) groups is 1. The standard InChI is InChI=1S/C9H5N3OS/c13-8(6-1-3-10-4-2-6)7-5-11-9(14)12-7/h1-5H. The summed E-state index contributed by atoms with van der Waals surface area (Å²) in [5.74, 6) is -0.184. The molecular weight excluding hydrogens is 198 g/mol. The number of pyridine rings is 1. The molecule has 0 radical (unpaired) electrons. The van der Waals surface area contributed by atoms with Crippen molar-refractivity contribution in [3.8, 4) is 0 Å². The minimum atomic E-state index is -0.184. The Kier molecular flexibility index (Phi) is 2.24. The highest BCUT2D eigenvalue weighted by Crippen LogP contribution is 2.03. The maximum absolute atomic E-state index is 11.7. The van der Waals surface area contributed by atoms with Crippen LogP contribution in [0.1, 0.15) is 10.4 Å². The Morgan fingerprint density at radius 1 is 1.29 bits per heavy atom. The van der Waals surface area contributed by atoms with Gasteiger partial charge in [0.1, 0.15) is 5.71 Å². The molecule has 0 spiro atoms. The van der Waals surface area contributed by atoms with E-state index >= 15 is 0 Å². The van der Waals surface area contributed by atoms with Gasteiger partial charge in [0.25, 0.3) is 0 Å². The molecule has 0 fully saturated rings. The van der Waals surface area contributed by atoms with E-state index in [1.54, 1.807) is 24.5 Å². The fourth-order valence-electron chi connectivity index (χ4n) is 1.04. The molecule has 5 heteroatoms. The Morgan fingerprint density at radius 2 is 2.00 bits per heavy atom. The van der Waals surface area contributed by atoms with Gasteiger partial charge in [0.15, 0.2) is 0 Å². The van der Waals surface area contributed by atoms with Crippen LogP contribution in [0, 0.1) is 0 Å². The number of aromatic nitrogens is 1. The summed E-state index contributed by atoms with van der Waals surface area (Å²) >= 11 is 4.72. The van der Waals surface area contributed by atoms with Crippen molar-refractivity contribution >= 4 is 35.0 Å². The highest BCUT2D eigenvalue weighted by atomic mass is 32.1. The van der Waals surface area contributed by atoms with E-state index in [2.05, 4.69) is 15.0 Å². The van der Waals surface area contributed by atoms with Gasteiger partial charge in [0.05, 0.1) is 6.21 Å². The number of rotatable bonds is 2. The van der Waals surface area contributed by atoms with Crippen molar-refractivity contribution in [3.63, 3.8) is 0 Å². The van der Waals surface area contributed by atoms with Crippen LogP contribution in [-0.4, -0.2) is 27.8 Å². The zero-order valence-corrected chi connectivity index (χ0v) is 7.86. The molecule has 0 atom stereocenters. The molecule has 2 heterocycles. The minimum absolute atomic E-state index is 0.184. The largest absolute Gasteiger partial charge is 0.287 e. The molecule has 1 aliphatic heterocycles. The normalized spacial score (nSPS) is 14.3. The zero-order valence-electron chi connectivity index (χ0n) is 7.04. The number of ketones is 1. The topological polar surface area (TPSA) is 54.7 Å². The van der Waals surface area contributed by atoms with Crippen molar-refractivity contribution in [3.05, 3.63) is 30.1 Å². The summed E-state index contributed by atoms with van der Waals surface area (Å²) in [4.78, 5) is 23.1. The summed E-state index contributed by atoms with van der Waals surface area (Å²) in [7, 11) is 0. The summed E-state index contributed by atoms with van der Waals surface area (Å²) in [6.45, 7) is 0. The van der Waals surface area contributed by atoms with E-state index in [-0.39, 0.29) is 16.6 Å². The van der Waals surface area contributed by atoms with Crippen LogP contribution in [0.2, 0.25) is 0 Å². The number of Topliss-reactive ketones (excluding diaryl/α,β-unsaturated/α-hetero) is 1. The van der Waals surface area contributed by atoms with Gasteiger partial charge in [-0.05, 0) is 24.4 Å². The molecular formula is C9H5N3OS. The Balaban J connectivity index is 2.31. The zero-order chi connectivity index (χ0) is 9.97. The van der Waals surface area contributed by atoms with E-state index in [1.807, 2.05) is 0 Å². The Bertz CT molecular complexity index is 450. The average Bonchev–Trinajstić information content (AvgIpc) is 2.65. The van der Waals surface area contributed by atoms with Crippen molar-refractivity contribution in [2.75, 3.05) is 0 Å². The van der Waals surface area contributed by atoms with Gasteiger partial charge in [0, 0.05) is 18.0 Å². The van der Waals surface area contributed by atoms with E-state index in [4.69, 9.17) is 12.2 Å². The molecule has 0 saturated carbocycles. The first kappa shape index (κ1) is 8.83. The van der Waals surface area contributed by atoms with Crippen LogP contribution in [0.25, 0.3) is 0 Å². The number of nitrogens with zero attached hydrogens (tertiary/aromatic N) is 3. The van der Waals surface area contributed by atoms with Crippen molar-refractivity contribution in [2.45, 2.75) is 0 Å². The molecule has 4 nitrogen and oxygen atoms in total. The summed E-state index contributed by atoms with van der Waals surface area (Å²) < 4.78 is 0. The third kappa shape index (κ3) is 1.62. The Labute approximate surface area is 85.4 Å². The van der Waals surface area contributed by atoms with Crippen molar-refractivity contribution in [1.82, 2.24) is 4.98 Å². The van der Waals surface area contributed by atoms with Crippen LogP contribution in [0.4, 0.5) is 0 Å². The highest BCUT2D eigenvalue weighted by Gasteiger charge is 2.15. The van der Waals surface area contributed by atoms with Crippen molar-refractivity contribution in [1.29, 1.82) is 0 Å². The number of hydrogen-bond donors (Lipinski definition) is 0. The molecule has 0 unspecified atom stereocenters. The summed E-state index contributed by atoms with van der Waals surface area (Å²) in [5, 5.41) is 0.197. The second-order valence-electron chi connectivity index (χ2n) is 2.60. The lowest BCUT2D eigenvalue weighted by atomic mass is 10.1. The molecule has 2 rings (SSSR count). The van der Waals surface area contributed by atoms with Crippen LogP contribution in [-0.2, 0) is 0 Å². The first-order chi connectivity index (χ1) is 6.77. The second-order valence-corrected chi connectivity index (χ2v) is 2.97. The first-order valence-corrected chi connectivity index (χ1v) is 4.29. The smallest absolute Gasteiger partial charge is 0.219 e. The lowest BCUT2D eigenvalue weighted by Gasteiger charge is -1.95. The third-order valence-electron chi connectivity index (χ3n) is 1.69.